The Morgan fingerprint density at radius 3 is 2.89 bits per heavy atom. The molecule has 0 saturated heterocycles. The van der Waals surface area contributed by atoms with Gasteiger partial charge in [-0.3, -0.25) is 4.79 Å². The quantitative estimate of drug-likeness (QED) is 0.785. The van der Waals surface area contributed by atoms with Crippen molar-refractivity contribution in [1.29, 1.82) is 0 Å². The molecule has 0 N–H and O–H groups in total. The summed E-state index contributed by atoms with van der Waals surface area (Å²) in [6.45, 7) is 2.04. The standard InChI is InChI=1S/C15H14ClNO2/c1-10-8-11-4-2-3-5-13(11)17(10)15(18)14-7-6-12(9-16)19-14/h2-7,10H,8-9H2,1H3. The lowest BCUT2D eigenvalue weighted by atomic mass is 10.1. The second-order valence-electron chi connectivity index (χ2n) is 4.76. The van der Waals surface area contributed by atoms with Crippen molar-refractivity contribution < 1.29 is 9.21 Å². The van der Waals surface area contributed by atoms with E-state index in [0.29, 0.717) is 11.5 Å². The number of rotatable bonds is 2. The molecule has 3 rings (SSSR count). The summed E-state index contributed by atoms with van der Waals surface area (Å²) in [5, 5.41) is 0. The van der Waals surface area contributed by atoms with Crippen LogP contribution in [0, 0.1) is 0 Å². The van der Waals surface area contributed by atoms with E-state index in [4.69, 9.17) is 16.0 Å². The first kappa shape index (κ1) is 12.3. The number of anilines is 1. The van der Waals surface area contributed by atoms with Crippen LogP contribution in [0.1, 0.15) is 28.8 Å². The Hall–Kier alpha value is -1.74. The number of benzene rings is 1. The predicted octanol–water partition coefficient (Wildman–Crippen LogP) is 3.61. The summed E-state index contributed by atoms with van der Waals surface area (Å²) in [5.41, 5.74) is 2.18. The third kappa shape index (κ3) is 2.04. The highest BCUT2D eigenvalue weighted by Gasteiger charge is 2.32. The van der Waals surface area contributed by atoms with Crippen molar-refractivity contribution in [2.45, 2.75) is 25.3 Å². The molecule has 1 aliphatic rings. The van der Waals surface area contributed by atoms with Gasteiger partial charge in [0.1, 0.15) is 5.76 Å². The lowest BCUT2D eigenvalue weighted by Crippen LogP contribution is -2.35. The van der Waals surface area contributed by atoms with Gasteiger partial charge in [0.25, 0.3) is 5.91 Å². The molecule has 1 aliphatic heterocycles. The van der Waals surface area contributed by atoms with E-state index < -0.39 is 0 Å². The van der Waals surface area contributed by atoms with Crippen LogP contribution in [0.3, 0.4) is 0 Å². The SMILES string of the molecule is CC1Cc2ccccc2N1C(=O)c1ccc(CCl)o1. The van der Waals surface area contributed by atoms with Gasteiger partial charge in [-0.15, -0.1) is 11.6 Å². The highest BCUT2D eigenvalue weighted by molar-refractivity contribution is 6.16. The molecule has 2 aromatic rings. The number of hydrogen-bond acceptors (Lipinski definition) is 2. The molecule has 0 radical (unpaired) electrons. The molecule has 0 aliphatic carbocycles. The number of hydrogen-bond donors (Lipinski definition) is 0. The van der Waals surface area contributed by atoms with Gasteiger partial charge in [-0.2, -0.15) is 0 Å². The van der Waals surface area contributed by atoms with Crippen molar-refractivity contribution >= 4 is 23.2 Å². The van der Waals surface area contributed by atoms with Gasteiger partial charge >= 0.3 is 0 Å². The highest BCUT2D eigenvalue weighted by atomic mass is 35.5. The molecular weight excluding hydrogens is 262 g/mol. The van der Waals surface area contributed by atoms with Crippen LogP contribution < -0.4 is 4.90 Å². The van der Waals surface area contributed by atoms with E-state index in [1.165, 1.54) is 5.56 Å². The first-order valence-corrected chi connectivity index (χ1v) is 6.80. The van der Waals surface area contributed by atoms with Gasteiger partial charge in [-0.05, 0) is 37.1 Å². The minimum absolute atomic E-state index is 0.103. The van der Waals surface area contributed by atoms with Crippen LogP contribution in [0.2, 0.25) is 0 Å². The van der Waals surface area contributed by atoms with Crippen LogP contribution in [-0.2, 0) is 12.3 Å². The molecule has 2 heterocycles. The van der Waals surface area contributed by atoms with Gasteiger partial charge in [0.05, 0.1) is 5.88 Å². The third-order valence-electron chi connectivity index (χ3n) is 3.43. The van der Waals surface area contributed by atoms with Crippen LogP contribution in [0.15, 0.2) is 40.8 Å². The zero-order chi connectivity index (χ0) is 13.4. The fourth-order valence-corrected chi connectivity index (χ4v) is 2.70. The molecule has 98 valence electrons. The Morgan fingerprint density at radius 2 is 2.16 bits per heavy atom. The molecule has 4 heteroatoms. The van der Waals surface area contributed by atoms with Gasteiger partial charge in [-0.1, -0.05) is 18.2 Å². The number of para-hydroxylation sites is 1. The monoisotopic (exact) mass is 275 g/mol. The first-order valence-electron chi connectivity index (χ1n) is 6.27. The zero-order valence-electron chi connectivity index (χ0n) is 10.6. The molecule has 1 aromatic carbocycles. The van der Waals surface area contributed by atoms with E-state index in [1.54, 1.807) is 17.0 Å². The largest absolute Gasteiger partial charge is 0.455 e. The van der Waals surface area contributed by atoms with E-state index in [-0.39, 0.29) is 17.8 Å². The molecule has 1 aromatic heterocycles. The minimum atomic E-state index is -0.103. The molecule has 0 saturated carbocycles. The summed E-state index contributed by atoms with van der Waals surface area (Å²) in [5.74, 6) is 1.14. The Morgan fingerprint density at radius 1 is 1.37 bits per heavy atom. The minimum Gasteiger partial charge on any atom is -0.455 e. The van der Waals surface area contributed by atoms with Crippen molar-refractivity contribution in [3.8, 4) is 0 Å². The maximum atomic E-state index is 12.5. The van der Waals surface area contributed by atoms with E-state index in [2.05, 4.69) is 6.07 Å². The number of carbonyl (C=O) groups is 1. The number of nitrogens with zero attached hydrogens (tertiary/aromatic N) is 1. The summed E-state index contributed by atoms with van der Waals surface area (Å²) in [7, 11) is 0. The second kappa shape index (κ2) is 4.74. The van der Waals surface area contributed by atoms with Gasteiger partial charge in [0.15, 0.2) is 5.76 Å². The summed E-state index contributed by atoms with van der Waals surface area (Å²) >= 11 is 5.70. The number of fused-ring (bicyclic) bond motifs is 1. The Bertz CT molecular complexity index is 620. The molecule has 3 nitrogen and oxygen atoms in total. The molecule has 0 bridgehead atoms. The van der Waals surface area contributed by atoms with Crippen LogP contribution in [0.4, 0.5) is 5.69 Å². The zero-order valence-corrected chi connectivity index (χ0v) is 11.4. The van der Waals surface area contributed by atoms with Gasteiger partial charge in [0.2, 0.25) is 0 Å². The normalized spacial score (nSPS) is 17.6. The molecule has 1 atom stereocenters. The van der Waals surface area contributed by atoms with E-state index in [9.17, 15) is 4.79 Å². The summed E-state index contributed by atoms with van der Waals surface area (Å²) < 4.78 is 5.45. The third-order valence-corrected chi connectivity index (χ3v) is 3.69. The average molecular weight is 276 g/mol. The van der Waals surface area contributed by atoms with E-state index in [1.807, 2.05) is 25.1 Å². The van der Waals surface area contributed by atoms with Gasteiger partial charge in [-0.25, -0.2) is 0 Å². The molecule has 19 heavy (non-hydrogen) atoms. The topological polar surface area (TPSA) is 33.5 Å². The number of amides is 1. The van der Waals surface area contributed by atoms with Crippen LogP contribution >= 0.6 is 11.6 Å². The lowest BCUT2D eigenvalue weighted by Gasteiger charge is -2.21. The molecule has 1 amide bonds. The van der Waals surface area contributed by atoms with Crippen molar-refractivity contribution in [2.24, 2.45) is 0 Å². The fraction of sp³-hybridized carbons (Fsp3) is 0.267. The van der Waals surface area contributed by atoms with Crippen molar-refractivity contribution in [1.82, 2.24) is 0 Å². The van der Waals surface area contributed by atoms with Gasteiger partial charge < -0.3 is 9.32 Å². The molecule has 1 unspecified atom stereocenters. The number of carbonyl (C=O) groups excluding carboxylic acids is 1. The van der Waals surface area contributed by atoms with Gasteiger partial charge in [0, 0.05) is 11.7 Å². The molecular formula is C15H14ClNO2. The number of furan rings is 1. The Balaban J connectivity index is 1.95. The van der Waals surface area contributed by atoms with Crippen LogP contribution in [-0.4, -0.2) is 11.9 Å². The van der Waals surface area contributed by atoms with Crippen LogP contribution in [0.25, 0.3) is 0 Å². The van der Waals surface area contributed by atoms with Crippen LogP contribution in [0.5, 0.6) is 0 Å². The lowest BCUT2D eigenvalue weighted by molar-refractivity contribution is 0.0953. The smallest absolute Gasteiger partial charge is 0.294 e. The second-order valence-corrected chi connectivity index (χ2v) is 5.02. The van der Waals surface area contributed by atoms with Crippen molar-refractivity contribution in [3.63, 3.8) is 0 Å². The Labute approximate surface area is 116 Å². The average Bonchev–Trinajstić information content (AvgIpc) is 3.01. The van der Waals surface area contributed by atoms with E-state index >= 15 is 0 Å². The fourth-order valence-electron chi connectivity index (χ4n) is 2.56. The first-order chi connectivity index (χ1) is 9.20. The summed E-state index contributed by atoms with van der Waals surface area (Å²) in [4.78, 5) is 14.3. The maximum absolute atomic E-state index is 12.5. The predicted molar refractivity (Wildman–Crippen MR) is 74.7 cm³/mol. The number of alkyl halides is 1. The van der Waals surface area contributed by atoms with Crippen molar-refractivity contribution in [3.05, 3.63) is 53.5 Å². The van der Waals surface area contributed by atoms with Crippen molar-refractivity contribution in [2.75, 3.05) is 4.90 Å². The summed E-state index contributed by atoms with van der Waals surface area (Å²) in [6, 6.07) is 11.6. The molecule has 0 fully saturated rings. The Kier molecular flexibility index (Phi) is 3.07. The highest BCUT2D eigenvalue weighted by Crippen LogP contribution is 2.33. The molecule has 0 spiro atoms. The number of halogens is 1. The maximum Gasteiger partial charge on any atom is 0.294 e. The van der Waals surface area contributed by atoms with E-state index in [0.717, 1.165) is 12.1 Å². The summed E-state index contributed by atoms with van der Waals surface area (Å²) in [6.07, 6.45) is 0.880.